The smallest absolute Gasteiger partial charge is 0.223 e. The highest BCUT2D eigenvalue weighted by atomic mass is 16.5. The number of carbonyl (C=O) groups excluding carboxylic acids is 1. The zero-order valence-corrected chi connectivity index (χ0v) is 18.9. The number of nitrogens with zero attached hydrogens (tertiary/aromatic N) is 1. The number of likely N-dealkylation sites (tertiary alicyclic amines) is 1. The summed E-state index contributed by atoms with van der Waals surface area (Å²) in [5.41, 5.74) is 3.94. The maximum atomic E-state index is 13.1. The van der Waals surface area contributed by atoms with Gasteiger partial charge in [0.1, 0.15) is 5.75 Å². The predicted molar refractivity (Wildman–Crippen MR) is 121 cm³/mol. The third-order valence-corrected chi connectivity index (χ3v) is 6.94. The van der Waals surface area contributed by atoms with Gasteiger partial charge in [-0.3, -0.25) is 4.79 Å². The Balaban J connectivity index is 1.36. The Morgan fingerprint density at radius 2 is 1.71 bits per heavy atom. The van der Waals surface area contributed by atoms with Crippen molar-refractivity contribution in [2.75, 3.05) is 34.4 Å². The van der Waals surface area contributed by atoms with Gasteiger partial charge in [-0.1, -0.05) is 12.1 Å². The van der Waals surface area contributed by atoms with Crippen molar-refractivity contribution in [3.05, 3.63) is 53.1 Å². The number of piperidine rings is 1. The fraction of sp³-hybridized carbons (Fsp3) is 0.500. The molecule has 0 N–H and O–H groups in total. The minimum Gasteiger partial charge on any atom is -0.497 e. The Morgan fingerprint density at radius 3 is 2.42 bits per heavy atom. The number of ether oxygens (including phenoxy) is 3. The molecule has 0 aromatic heterocycles. The molecule has 1 unspecified atom stereocenters. The topological polar surface area (TPSA) is 48.0 Å². The van der Waals surface area contributed by atoms with Gasteiger partial charge < -0.3 is 19.1 Å². The van der Waals surface area contributed by atoms with Gasteiger partial charge in [0.25, 0.3) is 0 Å². The second-order valence-corrected chi connectivity index (χ2v) is 8.63. The van der Waals surface area contributed by atoms with Crippen LogP contribution >= 0.6 is 0 Å². The van der Waals surface area contributed by atoms with Crippen molar-refractivity contribution < 1.29 is 19.0 Å². The largest absolute Gasteiger partial charge is 0.497 e. The molecule has 1 aliphatic heterocycles. The number of hydrogen-bond acceptors (Lipinski definition) is 4. The van der Waals surface area contributed by atoms with Crippen molar-refractivity contribution in [1.82, 2.24) is 4.90 Å². The van der Waals surface area contributed by atoms with E-state index in [1.54, 1.807) is 21.3 Å². The second-order valence-electron chi connectivity index (χ2n) is 8.63. The first-order chi connectivity index (χ1) is 15.1. The summed E-state index contributed by atoms with van der Waals surface area (Å²) in [5, 5.41) is 0. The molecule has 1 aliphatic carbocycles. The van der Waals surface area contributed by atoms with Gasteiger partial charge in [0.2, 0.25) is 5.91 Å². The summed E-state index contributed by atoms with van der Waals surface area (Å²) in [6.07, 6.45) is 5.89. The molecule has 2 aliphatic rings. The highest BCUT2D eigenvalue weighted by Gasteiger charge is 2.28. The number of rotatable bonds is 6. The minimum absolute atomic E-state index is 0.291. The average Bonchev–Trinajstić information content (AvgIpc) is 2.83. The van der Waals surface area contributed by atoms with Gasteiger partial charge >= 0.3 is 0 Å². The van der Waals surface area contributed by atoms with Crippen LogP contribution in [0.2, 0.25) is 0 Å². The van der Waals surface area contributed by atoms with Gasteiger partial charge in [0, 0.05) is 19.5 Å². The van der Waals surface area contributed by atoms with Gasteiger partial charge in [-0.2, -0.15) is 0 Å². The molecule has 1 heterocycles. The van der Waals surface area contributed by atoms with Crippen LogP contribution in [-0.4, -0.2) is 45.2 Å². The molecule has 31 heavy (non-hydrogen) atoms. The Morgan fingerprint density at radius 1 is 0.935 bits per heavy atom. The van der Waals surface area contributed by atoms with Crippen molar-refractivity contribution >= 4 is 5.91 Å². The van der Waals surface area contributed by atoms with Gasteiger partial charge in [-0.15, -0.1) is 0 Å². The zero-order chi connectivity index (χ0) is 21.8. The average molecular weight is 424 g/mol. The lowest BCUT2D eigenvalue weighted by atomic mass is 9.80. The van der Waals surface area contributed by atoms with Crippen LogP contribution in [0.4, 0.5) is 0 Å². The number of aryl methyl sites for hydroxylation is 1. The minimum atomic E-state index is 0.291. The summed E-state index contributed by atoms with van der Waals surface area (Å²) >= 11 is 0. The zero-order valence-electron chi connectivity index (χ0n) is 18.9. The van der Waals surface area contributed by atoms with Crippen molar-refractivity contribution in [2.24, 2.45) is 0 Å². The Bertz CT molecular complexity index is 918. The van der Waals surface area contributed by atoms with Crippen molar-refractivity contribution in [1.29, 1.82) is 0 Å². The molecule has 5 nitrogen and oxygen atoms in total. The van der Waals surface area contributed by atoms with Crippen LogP contribution < -0.4 is 14.2 Å². The first kappa shape index (κ1) is 21.5. The standard InChI is InChI=1S/C26H33NO4/c1-29-22-8-9-23-20(15-22)5-4-6-21(23)17-26(28)27-13-11-18(12-14-27)19-7-10-24(30-2)25(16-19)31-3/h7-10,15-16,18,21H,4-6,11-14,17H2,1-3H3. The fourth-order valence-corrected chi connectivity index (χ4v) is 5.14. The molecule has 0 saturated carbocycles. The monoisotopic (exact) mass is 423 g/mol. The summed E-state index contributed by atoms with van der Waals surface area (Å²) in [7, 11) is 5.03. The molecule has 5 heteroatoms. The molecule has 1 atom stereocenters. The first-order valence-corrected chi connectivity index (χ1v) is 11.3. The molecule has 1 fully saturated rings. The Hall–Kier alpha value is -2.69. The summed E-state index contributed by atoms with van der Waals surface area (Å²) < 4.78 is 16.2. The summed E-state index contributed by atoms with van der Waals surface area (Å²) in [5.74, 6) is 3.50. The van der Waals surface area contributed by atoms with E-state index >= 15 is 0 Å². The number of hydrogen-bond donors (Lipinski definition) is 0. The normalized spacial score (nSPS) is 18.9. The first-order valence-electron chi connectivity index (χ1n) is 11.3. The summed E-state index contributed by atoms with van der Waals surface area (Å²) in [6.45, 7) is 1.64. The second kappa shape index (κ2) is 9.63. The van der Waals surface area contributed by atoms with Crippen LogP contribution in [0.1, 0.15) is 60.6 Å². The van der Waals surface area contributed by atoms with Crippen LogP contribution in [0.15, 0.2) is 36.4 Å². The van der Waals surface area contributed by atoms with E-state index in [4.69, 9.17) is 14.2 Å². The molecular weight excluding hydrogens is 390 g/mol. The maximum absolute atomic E-state index is 13.1. The van der Waals surface area contributed by atoms with Crippen LogP contribution in [0.3, 0.4) is 0 Å². The van der Waals surface area contributed by atoms with Crippen LogP contribution in [0.25, 0.3) is 0 Å². The number of methoxy groups -OCH3 is 3. The van der Waals surface area contributed by atoms with E-state index in [0.717, 1.165) is 62.4 Å². The molecule has 2 aromatic carbocycles. The third kappa shape index (κ3) is 4.65. The van der Waals surface area contributed by atoms with E-state index in [9.17, 15) is 4.79 Å². The molecule has 4 rings (SSSR count). The highest BCUT2D eigenvalue weighted by Crippen LogP contribution is 2.38. The third-order valence-electron chi connectivity index (χ3n) is 6.94. The van der Waals surface area contributed by atoms with E-state index in [1.807, 2.05) is 12.1 Å². The van der Waals surface area contributed by atoms with Gasteiger partial charge in [0.05, 0.1) is 21.3 Å². The van der Waals surface area contributed by atoms with E-state index in [0.29, 0.717) is 24.2 Å². The molecule has 166 valence electrons. The lowest BCUT2D eigenvalue weighted by molar-refractivity contribution is -0.132. The molecule has 1 amide bonds. The Kier molecular flexibility index (Phi) is 6.69. The van der Waals surface area contributed by atoms with Gasteiger partial charge in [-0.25, -0.2) is 0 Å². The van der Waals surface area contributed by atoms with E-state index in [1.165, 1.54) is 16.7 Å². The number of fused-ring (bicyclic) bond motifs is 1. The summed E-state index contributed by atoms with van der Waals surface area (Å²) in [6, 6.07) is 12.5. The lowest BCUT2D eigenvalue weighted by Crippen LogP contribution is -2.38. The SMILES string of the molecule is COc1ccc2c(c1)CCCC2CC(=O)N1CCC(c2ccc(OC)c(OC)c2)CC1. The fourth-order valence-electron chi connectivity index (χ4n) is 5.14. The van der Waals surface area contributed by atoms with Crippen molar-refractivity contribution in [2.45, 2.75) is 50.4 Å². The molecule has 0 bridgehead atoms. The molecule has 1 saturated heterocycles. The lowest BCUT2D eigenvalue weighted by Gasteiger charge is -2.34. The van der Waals surface area contributed by atoms with Gasteiger partial charge in [-0.05, 0) is 84.9 Å². The quantitative estimate of drug-likeness (QED) is 0.661. The number of amides is 1. The van der Waals surface area contributed by atoms with E-state index in [2.05, 4.69) is 29.2 Å². The molecule has 2 aromatic rings. The molecule has 0 spiro atoms. The van der Waals surface area contributed by atoms with Crippen LogP contribution in [0.5, 0.6) is 17.2 Å². The van der Waals surface area contributed by atoms with E-state index < -0.39 is 0 Å². The Labute approximate surface area is 185 Å². The van der Waals surface area contributed by atoms with Crippen molar-refractivity contribution in [3.63, 3.8) is 0 Å². The number of carbonyl (C=O) groups is 1. The summed E-state index contributed by atoms with van der Waals surface area (Å²) in [4.78, 5) is 15.2. The van der Waals surface area contributed by atoms with E-state index in [-0.39, 0.29) is 0 Å². The van der Waals surface area contributed by atoms with Gasteiger partial charge in [0.15, 0.2) is 11.5 Å². The predicted octanol–water partition coefficient (Wildman–Crippen LogP) is 4.93. The highest BCUT2D eigenvalue weighted by molar-refractivity contribution is 5.77. The van der Waals surface area contributed by atoms with Crippen molar-refractivity contribution in [3.8, 4) is 17.2 Å². The number of benzene rings is 2. The maximum Gasteiger partial charge on any atom is 0.223 e. The molecular formula is C26H33NO4. The van der Waals surface area contributed by atoms with Crippen LogP contribution in [0, 0.1) is 0 Å². The van der Waals surface area contributed by atoms with Crippen LogP contribution in [-0.2, 0) is 11.2 Å². The molecule has 0 radical (unpaired) electrons.